The van der Waals surface area contributed by atoms with Crippen molar-refractivity contribution in [2.75, 3.05) is 12.8 Å². The molecule has 1 aromatic heterocycles. The van der Waals surface area contributed by atoms with E-state index >= 15 is 0 Å². The van der Waals surface area contributed by atoms with Gasteiger partial charge in [-0.15, -0.1) is 0 Å². The van der Waals surface area contributed by atoms with E-state index in [1.165, 1.54) is 19.2 Å². The van der Waals surface area contributed by atoms with E-state index in [9.17, 15) is 8.78 Å². The molecule has 1 aromatic carbocycles. The van der Waals surface area contributed by atoms with Gasteiger partial charge in [-0.25, -0.2) is 8.78 Å². The quantitative estimate of drug-likeness (QED) is 0.927. The second kappa shape index (κ2) is 4.53. The minimum Gasteiger partial charge on any atom is -0.496 e. The zero-order valence-corrected chi connectivity index (χ0v) is 10.8. The number of rotatable bonds is 3. The molecule has 19 heavy (non-hydrogen) atoms. The van der Waals surface area contributed by atoms with E-state index in [0.717, 1.165) is 12.5 Å². The Balaban J connectivity index is 2.72. The molecule has 0 bridgehead atoms. The van der Waals surface area contributed by atoms with E-state index < -0.39 is 5.92 Å². The Labute approximate surface area is 109 Å². The molecule has 0 saturated heterocycles. The molecular formula is C13H14F2N2O2. The summed E-state index contributed by atoms with van der Waals surface area (Å²) in [5.74, 6) is -2.81. The first-order chi connectivity index (χ1) is 8.84. The monoisotopic (exact) mass is 268 g/mol. The van der Waals surface area contributed by atoms with E-state index in [2.05, 4.69) is 5.16 Å². The number of nitrogens with zero attached hydrogens (tertiary/aromatic N) is 1. The van der Waals surface area contributed by atoms with Crippen LogP contribution in [0.25, 0.3) is 11.3 Å². The van der Waals surface area contributed by atoms with Gasteiger partial charge in [0.15, 0.2) is 0 Å². The highest BCUT2D eigenvalue weighted by Crippen LogP contribution is 2.42. The van der Waals surface area contributed by atoms with Crippen LogP contribution in [0.4, 0.5) is 14.7 Å². The molecule has 0 aliphatic carbocycles. The Morgan fingerprint density at radius 3 is 2.53 bits per heavy atom. The van der Waals surface area contributed by atoms with E-state index in [1.54, 1.807) is 13.0 Å². The van der Waals surface area contributed by atoms with Crippen molar-refractivity contribution < 1.29 is 18.0 Å². The van der Waals surface area contributed by atoms with Gasteiger partial charge in [-0.3, -0.25) is 0 Å². The fourth-order valence-corrected chi connectivity index (χ4v) is 1.96. The summed E-state index contributed by atoms with van der Waals surface area (Å²) < 4.78 is 37.1. The molecule has 1 heterocycles. The standard InChI is InChI=1S/C13H14F2N2O2/c1-7-4-5-8(13(2,14)15)12(18-3)11(7)9-6-10(16)19-17-9/h4-6H,16H2,1-3H3. The van der Waals surface area contributed by atoms with Crippen LogP contribution < -0.4 is 10.5 Å². The van der Waals surface area contributed by atoms with Gasteiger partial charge in [0.1, 0.15) is 11.4 Å². The lowest BCUT2D eigenvalue weighted by molar-refractivity contribution is 0.0151. The number of hydrogen-bond donors (Lipinski definition) is 1. The fourth-order valence-electron chi connectivity index (χ4n) is 1.96. The average Bonchev–Trinajstić information content (AvgIpc) is 2.73. The second-order valence-electron chi connectivity index (χ2n) is 4.34. The predicted molar refractivity (Wildman–Crippen MR) is 67.2 cm³/mol. The Morgan fingerprint density at radius 2 is 2.05 bits per heavy atom. The van der Waals surface area contributed by atoms with Crippen molar-refractivity contribution >= 4 is 5.88 Å². The van der Waals surface area contributed by atoms with Crippen molar-refractivity contribution in [1.82, 2.24) is 5.16 Å². The molecule has 0 aliphatic heterocycles. The summed E-state index contributed by atoms with van der Waals surface area (Å²) in [6.07, 6.45) is 0. The van der Waals surface area contributed by atoms with Gasteiger partial charge in [-0.05, 0) is 18.6 Å². The number of benzene rings is 1. The van der Waals surface area contributed by atoms with Gasteiger partial charge >= 0.3 is 0 Å². The Hall–Kier alpha value is -2.11. The summed E-state index contributed by atoms with van der Waals surface area (Å²) in [5, 5.41) is 3.75. The summed E-state index contributed by atoms with van der Waals surface area (Å²) in [6, 6.07) is 4.42. The third kappa shape index (κ3) is 2.38. The van der Waals surface area contributed by atoms with Crippen LogP contribution in [-0.4, -0.2) is 12.3 Å². The summed E-state index contributed by atoms with van der Waals surface area (Å²) in [6.45, 7) is 2.60. The van der Waals surface area contributed by atoms with Crippen LogP contribution in [0.1, 0.15) is 18.1 Å². The van der Waals surface area contributed by atoms with Crippen LogP contribution in [0.3, 0.4) is 0 Å². The molecule has 6 heteroatoms. The number of anilines is 1. The molecular weight excluding hydrogens is 254 g/mol. The SMILES string of the molecule is COc1c(C(C)(F)F)ccc(C)c1-c1cc(N)on1. The fraction of sp³-hybridized carbons (Fsp3) is 0.308. The maximum atomic E-state index is 13.6. The molecule has 0 unspecified atom stereocenters. The Bertz CT molecular complexity index is 603. The number of halogens is 2. The number of aryl methyl sites for hydroxylation is 1. The number of alkyl halides is 2. The van der Waals surface area contributed by atoms with Crippen LogP contribution in [0.5, 0.6) is 5.75 Å². The molecule has 0 radical (unpaired) electrons. The molecule has 0 amide bonds. The third-order valence-corrected chi connectivity index (χ3v) is 2.83. The highest BCUT2D eigenvalue weighted by atomic mass is 19.3. The molecule has 4 nitrogen and oxygen atoms in total. The highest BCUT2D eigenvalue weighted by molar-refractivity contribution is 5.74. The first-order valence-corrected chi connectivity index (χ1v) is 5.63. The van der Waals surface area contributed by atoms with E-state index in [0.29, 0.717) is 11.3 Å². The van der Waals surface area contributed by atoms with Crippen molar-refractivity contribution in [1.29, 1.82) is 0 Å². The topological polar surface area (TPSA) is 61.3 Å². The van der Waals surface area contributed by atoms with Crippen LogP contribution in [-0.2, 0) is 5.92 Å². The van der Waals surface area contributed by atoms with Gasteiger partial charge < -0.3 is 15.0 Å². The van der Waals surface area contributed by atoms with Crippen LogP contribution in [0, 0.1) is 6.92 Å². The molecule has 2 N–H and O–H groups in total. The zero-order chi connectivity index (χ0) is 14.2. The second-order valence-corrected chi connectivity index (χ2v) is 4.34. The molecule has 0 aliphatic rings. The number of nitrogens with two attached hydrogens (primary N) is 1. The smallest absolute Gasteiger partial charge is 0.274 e. The largest absolute Gasteiger partial charge is 0.496 e. The van der Waals surface area contributed by atoms with Crippen molar-refractivity contribution in [3.8, 4) is 17.0 Å². The summed E-state index contributed by atoms with van der Waals surface area (Å²) in [5.41, 5.74) is 6.85. The number of nitrogen functional groups attached to an aromatic ring is 1. The van der Waals surface area contributed by atoms with Gasteiger partial charge in [0.25, 0.3) is 5.92 Å². The zero-order valence-electron chi connectivity index (χ0n) is 10.8. The number of methoxy groups -OCH3 is 1. The molecule has 0 fully saturated rings. The van der Waals surface area contributed by atoms with Crippen LogP contribution in [0.2, 0.25) is 0 Å². The first kappa shape index (κ1) is 13.3. The normalized spacial score (nSPS) is 11.6. The average molecular weight is 268 g/mol. The van der Waals surface area contributed by atoms with Crippen molar-refractivity contribution in [2.45, 2.75) is 19.8 Å². The number of ether oxygens (including phenoxy) is 1. The van der Waals surface area contributed by atoms with Gasteiger partial charge in [0, 0.05) is 18.6 Å². The maximum Gasteiger partial charge on any atom is 0.274 e. The summed E-state index contributed by atoms with van der Waals surface area (Å²) in [4.78, 5) is 0. The lowest BCUT2D eigenvalue weighted by atomic mass is 9.97. The molecule has 0 spiro atoms. The van der Waals surface area contributed by atoms with E-state index in [4.69, 9.17) is 15.0 Å². The van der Waals surface area contributed by atoms with E-state index in [1.807, 2.05) is 0 Å². The minimum atomic E-state index is -3.01. The molecule has 0 atom stereocenters. The van der Waals surface area contributed by atoms with Gasteiger partial charge in [0.05, 0.1) is 12.7 Å². The van der Waals surface area contributed by atoms with Gasteiger partial charge in [-0.2, -0.15) is 0 Å². The lowest BCUT2D eigenvalue weighted by Gasteiger charge is -2.18. The maximum absolute atomic E-state index is 13.6. The summed E-state index contributed by atoms with van der Waals surface area (Å²) in [7, 11) is 1.34. The molecule has 2 rings (SSSR count). The highest BCUT2D eigenvalue weighted by Gasteiger charge is 2.31. The van der Waals surface area contributed by atoms with Gasteiger partial charge in [0.2, 0.25) is 5.88 Å². The Kier molecular flexibility index (Phi) is 3.18. The van der Waals surface area contributed by atoms with Crippen LogP contribution in [0.15, 0.2) is 22.7 Å². The molecule has 0 saturated carbocycles. The minimum absolute atomic E-state index is 0.0841. The van der Waals surface area contributed by atoms with Gasteiger partial charge in [-0.1, -0.05) is 11.2 Å². The first-order valence-electron chi connectivity index (χ1n) is 5.63. The van der Waals surface area contributed by atoms with Crippen molar-refractivity contribution in [3.63, 3.8) is 0 Å². The predicted octanol–water partition coefficient (Wildman–Crippen LogP) is 3.35. The number of aromatic nitrogens is 1. The van der Waals surface area contributed by atoms with Crippen molar-refractivity contribution in [2.24, 2.45) is 0 Å². The van der Waals surface area contributed by atoms with Crippen LogP contribution >= 0.6 is 0 Å². The molecule has 102 valence electrons. The van der Waals surface area contributed by atoms with E-state index in [-0.39, 0.29) is 17.2 Å². The van der Waals surface area contributed by atoms with Crippen molar-refractivity contribution in [3.05, 3.63) is 29.3 Å². The Morgan fingerprint density at radius 1 is 1.37 bits per heavy atom. The number of hydrogen-bond acceptors (Lipinski definition) is 4. The third-order valence-electron chi connectivity index (χ3n) is 2.83. The lowest BCUT2D eigenvalue weighted by Crippen LogP contribution is -2.10. The summed E-state index contributed by atoms with van der Waals surface area (Å²) >= 11 is 0. The molecule has 2 aromatic rings.